The summed E-state index contributed by atoms with van der Waals surface area (Å²) in [7, 11) is 0. The quantitative estimate of drug-likeness (QED) is 0.835. The van der Waals surface area contributed by atoms with Crippen molar-refractivity contribution < 1.29 is 9.18 Å². The molecule has 1 N–H and O–H groups in total. The third kappa shape index (κ3) is 3.28. The highest BCUT2D eigenvalue weighted by Crippen LogP contribution is 2.24. The number of hydrogen-bond donors (Lipinski definition) is 1. The highest BCUT2D eigenvalue weighted by Gasteiger charge is 2.24. The SMILES string of the molecule is O=C(NC1CCCCC1Br)c1ccc(F)cc1. The van der Waals surface area contributed by atoms with Gasteiger partial charge in [0.25, 0.3) is 5.91 Å². The number of carbonyl (C=O) groups excluding carboxylic acids is 1. The second kappa shape index (κ2) is 5.63. The molecule has 0 radical (unpaired) electrons. The molecule has 1 aromatic rings. The fraction of sp³-hybridized carbons (Fsp3) is 0.462. The van der Waals surface area contributed by atoms with E-state index in [0.717, 1.165) is 19.3 Å². The van der Waals surface area contributed by atoms with Crippen molar-refractivity contribution in [1.29, 1.82) is 0 Å². The maximum Gasteiger partial charge on any atom is 0.251 e. The highest BCUT2D eigenvalue weighted by atomic mass is 79.9. The molecule has 2 atom stereocenters. The summed E-state index contributed by atoms with van der Waals surface area (Å²) in [6.45, 7) is 0. The van der Waals surface area contributed by atoms with Crippen LogP contribution in [0.1, 0.15) is 36.0 Å². The van der Waals surface area contributed by atoms with Crippen molar-refractivity contribution in [2.24, 2.45) is 0 Å². The van der Waals surface area contributed by atoms with Crippen molar-refractivity contribution in [3.63, 3.8) is 0 Å². The lowest BCUT2D eigenvalue weighted by atomic mass is 9.95. The largest absolute Gasteiger partial charge is 0.348 e. The van der Waals surface area contributed by atoms with Crippen molar-refractivity contribution in [1.82, 2.24) is 5.32 Å². The summed E-state index contributed by atoms with van der Waals surface area (Å²) in [5.74, 6) is -0.445. The van der Waals surface area contributed by atoms with Crippen LogP contribution in [0.25, 0.3) is 0 Å². The van der Waals surface area contributed by atoms with Gasteiger partial charge in [0.05, 0.1) is 0 Å². The zero-order chi connectivity index (χ0) is 12.3. The van der Waals surface area contributed by atoms with Crippen molar-refractivity contribution in [2.45, 2.75) is 36.6 Å². The molecule has 2 nitrogen and oxygen atoms in total. The van der Waals surface area contributed by atoms with Gasteiger partial charge in [-0.3, -0.25) is 4.79 Å². The molecule has 1 aliphatic carbocycles. The van der Waals surface area contributed by atoms with E-state index in [1.807, 2.05) is 0 Å². The van der Waals surface area contributed by atoms with E-state index in [0.29, 0.717) is 10.4 Å². The van der Waals surface area contributed by atoms with Crippen LogP contribution in [-0.2, 0) is 0 Å². The third-order valence-corrected chi connectivity index (χ3v) is 4.20. The Morgan fingerprint density at radius 3 is 2.53 bits per heavy atom. The lowest BCUT2D eigenvalue weighted by Crippen LogP contribution is -2.42. The molecule has 1 fully saturated rings. The van der Waals surface area contributed by atoms with Gasteiger partial charge in [-0.25, -0.2) is 4.39 Å². The summed E-state index contributed by atoms with van der Waals surface area (Å²) in [5.41, 5.74) is 0.511. The van der Waals surface area contributed by atoms with Crippen LogP contribution >= 0.6 is 15.9 Å². The number of halogens is 2. The monoisotopic (exact) mass is 299 g/mol. The minimum Gasteiger partial charge on any atom is -0.348 e. The zero-order valence-electron chi connectivity index (χ0n) is 9.46. The van der Waals surface area contributed by atoms with Gasteiger partial charge < -0.3 is 5.32 Å². The first-order valence-corrected chi connectivity index (χ1v) is 6.79. The summed E-state index contributed by atoms with van der Waals surface area (Å²) in [6.07, 6.45) is 4.45. The van der Waals surface area contributed by atoms with Gasteiger partial charge in [0.1, 0.15) is 5.82 Å². The van der Waals surface area contributed by atoms with Crippen LogP contribution in [0.5, 0.6) is 0 Å². The van der Waals surface area contributed by atoms with Gasteiger partial charge >= 0.3 is 0 Å². The molecule has 1 saturated carbocycles. The van der Waals surface area contributed by atoms with E-state index in [1.54, 1.807) is 0 Å². The van der Waals surface area contributed by atoms with E-state index >= 15 is 0 Å². The van der Waals surface area contributed by atoms with E-state index in [4.69, 9.17) is 0 Å². The van der Waals surface area contributed by atoms with Gasteiger partial charge in [-0.15, -0.1) is 0 Å². The normalized spacial score (nSPS) is 24.4. The topological polar surface area (TPSA) is 29.1 Å². The minimum atomic E-state index is -0.322. The average Bonchev–Trinajstić information content (AvgIpc) is 2.33. The fourth-order valence-corrected chi connectivity index (χ4v) is 2.82. The molecule has 2 unspecified atom stereocenters. The molecule has 0 aromatic heterocycles. The molecular weight excluding hydrogens is 285 g/mol. The van der Waals surface area contributed by atoms with E-state index < -0.39 is 0 Å². The zero-order valence-corrected chi connectivity index (χ0v) is 11.0. The molecule has 4 heteroatoms. The Hall–Kier alpha value is -0.900. The molecule has 92 valence electrons. The van der Waals surface area contributed by atoms with Crippen LogP contribution in [-0.4, -0.2) is 16.8 Å². The van der Waals surface area contributed by atoms with Crippen LogP contribution in [0.4, 0.5) is 4.39 Å². The maximum absolute atomic E-state index is 12.7. The lowest BCUT2D eigenvalue weighted by molar-refractivity contribution is 0.0930. The first-order valence-electron chi connectivity index (χ1n) is 5.87. The Balaban J connectivity index is 1.98. The van der Waals surface area contributed by atoms with Gasteiger partial charge in [-0.05, 0) is 37.1 Å². The number of benzene rings is 1. The molecular formula is C13H15BrFNO. The number of hydrogen-bond acceptors (Lipinski definition) is 1. The van der Waals surface area contributed by atoms with Gasteiger partial charge in [0, 0.05) is 16.4 Å². The van der Waals surface area contributed by atoms with E-state index in [1.165, 1.54) is 30.7 Å². The average molecular weight is 300 g/mol. The highest BCUT2D eigenvalue weighted by molar-refractivity contribution is 9.09. The van der Waals surface area contributed by atoms with Gasteiger partial charge in [0.15, 0.2) is 0 Å². The molecule has 2 rings (SSSR count). The van der Waals surface area contributed by atoms with Crippen LogP contribution < -0.4 is 5.32 Å². The third-order valence-electron chi connectivity index (χ3n) is 3.10. The molecule has 1 aromatic carbocycles. The molecule has 0 saturated heterocycles. The summed E-state index contributed by atoms with van der Waals surface area (Å²) in [5, 5.41) is 3.00. The van der Waals surface area contributed by atoms with Crippen molar-refractivity contribution in [3.05, 3.63) is 35.6 Å². The van der Waals surface area contributed by atoms with Gasteiger partial charge in [-0.2, -0.15) is 0 Å². The van der Waals surface area contributed by atoms with Crippen LogP contribution in [0.3, 0.4) is 0 Å². The first-order chi connectivity index (χ1) is 8.16. The summed E-state index contributed by atoms with van der Waals surface area (Å²) in [6, 6.07) is 5.82. The Bertz CT molecular complexity index is 393. The Labute approximate surface area is 109 Å². The second-order valence-electron chi connectivity index (χ2n) is 4.39. The maximum atomic E-state index is 12.7. The summed E-state index contributed by atoms with van der Waals surface area (Å²) >= 11 is 3.59. The van der Waals surface area contributed by atoms with E-state index in [2.05, 4.69) is 21.2 Å². The molecule has 0 bridgehead atoms. The van der Waals surface area contributed by atoms with Crippen LogP contribution in [0.2, 0.25) is 0 Å². The van der Waals surface area contributed by atoms with Crippen molar-refractivity contribution in [2.75, 3.05) is 0 Å². The van der Waals surface area contributed by atoms with Crippen molar-refractivity contribution >= 4 is 21.8 Å². The number of nitrogens with one attached hydrogen (secondary N) is 1. The molecule has 1 aliphatic rings. The predicted octanol–water partition coefficient (Wildman–Crippen LogP) is 3.26. The summed E-state index contributed by atoms with van der Waals surface area (Å²) < 4.78 is 12.7. The Kier molecular flexibility index (Phi) is 4.15. The molecule has 1 amide bonds. The van der Waals surface area contributed by atoms with Crippen LogP contribution in [0.15, 0.2) is 24.3 Å². The first kappa shape index (κ1) is 12.6. The standard InChI is InChI=1S/C13H15BrFNO/c14-11-3-1-2-4-12(11)16-13(17)9-5-7-10(15)8-6-9/h5-8,11-12H,1-4H2,(H,16,17). The fourth-order valence-electron chi connectivity index (χ4n) is 2.10. The molecule has 0 heterocycles. The summed E-state index contributed by atoms with van der Waals surface area (Å²) in [4.78, 5) is 12.3. The molecule has 17 heavy (non-hydrogen) atoms. The Morgan fingerprint density at radius 2 is 1.88 bits per heavy atom. The number of alkyl halides is 1. The van der Waals surface area contributed by atoms with Gasteiger partial charge in [0.2, 0.25) is 0 Å². The minimum absolute atomic E-state index is 0.124. The van der Waals surface area contributed by atoms with Crippen molar-refractivity contribution in [3.8, 4) is 0 Å². The Morgan fingerprint density at radius 1 is 1.24 bits per heavy atom. The number of amides is 1. The van der Waals surface area contributed by atoms with Gasteiger partial charge in [-0.1, -0.05) is 28.8 Å². The second-order valence-corrected chi connectivity index (χ2v) is 5.56. The smallest absolute Gasteiger partial charge is 0.251 e. The predicted molar refractivity (Wildman–Crippen MR) is 68.8 cm³/mol. The number of carbonyl (C=O) groups is 1. The van der Waals surface area contributed by atoms with E-state index in [-0.39, 0.29) is 17.8 Å². The molecule has 0 aliphatic heterocycles. The van der Waals surface area contributed by atoms with Crippen LogP contribution in [0, 0.1) is 5.82 Å². The van der Waals surface area contributed by atoms with E-state index in [9.17, 15) is 9.18 Å². The molecule has 0 spiro atoms. The number of rotatable bonds is 2. The lowest BCUT2D eigenvalue weighted by Gasteiger charge is -2.28.